The fraction of sp³-hybridized carbons (Fsp3) is 1.00. The molecule has 0 saturated heterocycles. The first-order chi connectivity index (χ1) is 8.41. The van der Waals surface area contributed by atoms with Crippen LogP contribution in [0.3, 0.4) is 0 Å². The van der Waals surface area contributed by atoms with Gasteiger partial charge in [0.05, 0.1) is 0 Å². The van der Waals surface area contributed by atoms with E-state index in [1.165, 1.54) is 0 Å². The van der Waals surface area contributed by atoms with E-state index in [9.17, 15) is 13.2 Å². The summed E-state index contributed by atoms with van der Waals surface area (Å²) < 4.78 is 36.9. The Bertz CT molecular complexity index is 187. The van der Waals surface area contributed by atoms with E-state index in [4.69, 9.17) is 5.11 Å². The highest BCUT2D eigenvalue weighted by Crippen LogP contribution is 2.21. The van der Waals surface area contributed by atoms with Crippen LogP contribution < -0.4 is 0 Å². The van der Waals surface area contributed by atoms with Crippen LogP contribution in [-0.4, -0.2) is 41.9 Å². The van der Waals surface area contributed by atoms with E-state index in [-0.39, 0.29) is 6.54 Å². The molecule has 0 spiro atoms. The molecule has 0 aliphatic rings. The predicted molar refractivity (Wildman–Crippen MR) is 67.6 cm³/mol. The molecule has 110 valence electrons. The first-order valence-corrected chi connectivity index (χ1v) is 6.88. The van der Waals surface area contributed by atoms with Crippen molar-refractivity contribution < 1.29 is 18.3 Å². The van der Waals surface area contributed by atoms with E-state index in [0.717, 1.165) is 38.5 Å². The molecule has 0 unspecified atom stereocenters. The Hall–Kier alpha value is -0.290. The van der Waals surface area contributed by atoms with Crippen LogP contribution in [0, 0.1) is 0 Å². The first kappa shape index (κ1) is 17.7. The zero-order valence-corrected chi connectivity index (χ0v) is 11.5. The molecule has 0 aliphatic heterocycles. The Kier molecular flexibility index (Phi) is 9.46. The van der Waals surface area contributed by atoms with E-state index in [0.29, 0.717) is 13.1 Å². The summed E-state index contributed by atoms with van der Waals surface area (Å²) in [4.78, 5) is 1.74. The number of alkyl halides is 3. The maximum Gasteiger partial charge on any atom is 0.415 e. The van der Waals surface area contributed by atoms with Crippen LogP contribution in [0.5, 0.6) is 0 Å². The minimum Gasteiger partial charge on any atom is -0.382 e. The number of rotatable bonds is 10. The van der Waals surface area contributed by atoms with Gasteiger partial charge in [0.2, 0.25) is 0 Å². The molecule has 0 amide bonds. The van der Waals surface area contributed by atoms with Gasteiger partial charge in [0, 0.05) is 6.54 Å². The third-order valence-corrected chi connectivity index (χ3v) is 2.96. The van der Waals surface area contributed by atoms with Crippen LogP contribution in [-0.2, 0) is 0 Å². The number of hydrogen-bond donors (Lipinski definition) is 1. The largest absolute Gasteiger partial charge is 0.415 e. The van der Waals surface area contributed by atoms with Crippen LogP contribution in [0.25, 0.3) is 0 Å². The zero-order valence-electron chi connectivity index (χ0n) is 11.5. The van der Waals surface area contributed by atoms with Crippen molar-refractivity contribution in [2.24, 2.45) is 0 Å². The SMILES string of the molecule is CCCCCN(CCCCC)C[C@@H](O)C(F)(F)F. The van der Waals surface area contributed by atoms with Gasteiger partial charge < -0.3 is 10.0 Å². The molecule has 0 aromatic rings. The smallest absolute Gasteiger partial charge is 0.382 e. The van der Waals surface area contributed by atoms with E-state index in [2.05, 4.69) is 13.8 Å². The minimum absolute atomic E-state index is 0.295. The van der Waals surface area contributed by atoms with E-state index >= 15 is 0 Å². The van der Waals surface area contributed by atoms with Crippen LogP contribution >= 0.6 is 0 Å². The van der Waals surface area contributed by atoms with Gasteiger partial charge in [-0.05, 0) is 25.9 Å². The maximum atomic E-state index is 12.3. The third-order valence-electron chi connectivity index (χ3n) is 2.96. The van der Waals surface area contributed by atoms with Crippen molar-refractivity contribution in [1.82, 2.24) is 4.90 Å². The van der Waals surface area contributed by atoms with Gasteiger partial charge in [0.25, 0.3) is 0 Å². The first-order valence-electron chi connectivity index (χ1n) is 6.88. The predicted octanol–water partition coefficient (Wildman–Crippen LogP) is 3.59. The average Bonchev–Trinajstić information content (AvgIpc) is 2.28. The fourth-order valence-electron chi connectivity index (χ4n) is 1.81. The lowest BCUT2D eigenvalue weighted by molar-refractivity contribution is -0.208. The number of hydrogen-bond acceptors (Lipinski definition) is 2. The molecule has 0 heterocycles. The quantitative estimate of drug-likeness (QED) is 0.613. The molecule has 0 aliphatic carbocycles. The number of aliphatic hydroxyl groups is 1. The minimum atomic E-state index is -4.51. The monoisotopic (exact) mass is 269 g/mol. The second kappa shape index (κ2) is 9.62. The number of nitrogens with zero attached hydrogens (tertiary/aromatic N) is 1. The fourth-order valence-corrected chi connectivity index (χ4v) is 1.81. The summed E-state index contributed by atoms with van der Waals surface area (Å²) >= 11 is 0. The van der Waals surface area contributed by atoms with Gasteiger partial charge in [-0.3, -0.25) is 0 Å². The van der Waals surface area contributed by atoms with E-state index < -0.39 is 12.3 Å². The van der Waals surface area contributed by atoms with Gasteiger partial charge in [-0.25, -0.2) is 0 Å². The van der Waals surface area contributed by atoms with Gasteiger partial charge >= 0.3 is 6.18 Å². The molecular weight excluding hydrogens is 243 g/mol. The van der Waals surface area contributed by atoms with Gasteiger partial charge in [0.1, 0.15) is 0 Å². The Labute approximate surface area is 108 Å². The molecule has 1 atom stereocenters. The number of aliphatic hydroxyl groups excluding tert-OH is 1. The summed E-state index contributed by atoms with van der Waals surface area (Å²) in [6.07, 6.45) is -0.803. The summed E-state index contributed by atoms with van der Waals surface area (Å²) in [5, 5.41) is 9.10. The topological polar surface area (TPSA) is 23.5 Å². The van der Waals surface area contributed by atoms with Crippen LogP contribution in [0.4, 0.5) is 13.2 Å². The molecule has 0 rings (SSSR count). The molecule has 0 saturated carbocycles. The Morgan fingerprint density at radius 3 is 1.72 bits per heavy atom. The molecule has 0 bridgehead atoms. The van der Waals surface area contributed by atoms with Crippen molar-refractivity contribution in [3.63, 3.8) is 0 Å². The summed E-state index contributed by atoms with van der Waals surface area (Å²) in [6.45, 7) is 5.12. The summed E-state index contributed by atoms with van der Waals surface area (Å²) in [5.41, 5.74) is 0. The third kappa shape index (κ3) is 8.75. The molecule has 0 aromatic heterocycles. The van der Waals surface area contributed by atoms with Crippen LogP contribution in [0.2, 0.25) is 0 Å². The van der Waals surface area contributed by atoms with Crippen LogP contribution in [0.1, 0.15) is 52.4 Å². The normalized spacial score (nSPS) is 14.2. The summed E-state index contributed by atoms with van der Waals surface area (Å²) in [6, 6.07) is 0. The molecule has 5 heteroatoms. The highest BCUT2D eigenvalue weighted by molar-refractivity contribution is 4.71. The second-order valence-corrected chi connectivity index (χ2v) is 4.77. The van der Waals surface area contributed by atoms with Gasteiger partial charge in [0.15, 0.2) is 6.10 Å². The Balaban J connectivity index is 4.10. The molecule has 0 fully saturated rings. The lowest BCUT2D eigenvalue weighted by Crippen LogP contribution is -2.41. The van der Waals surface area contributed by atoms with E-state index in [1.54, 1.807) is 4.90 Å². The Morgan fingerprint density at radius 1 is 0.944 bits per heavy atom. The van der Waals surface area contributed by atoms with Crippen molar-refractivity contribution >= 4 is 0 Å². The average molecular weight is 269 g/mol. The maximum absolute atomic E-state index is 12.3. The second-order valence-electron chi connectivity index (χ2n) is 4.77. The highest BCUT2D eigenvalue weighted by Gasteiger charge is 2.38. The summed E-state index contributed by atoms with van der Waals surface area (Å²) in [7, 11) is 0. The van der Waals surface area contributed by atoms with Crippen molar-refractivity contribution in [3.05, 3.63) is 0 Å². The van der Waals surface area contributed by atoms with Crippen molar-refractivity contribution in [3.8, 4) is 0 Å². The molecule has 18 heavy (non-hydrogen) atoms. The number of unbranched alkanes of at least 4 members (excludes halogenated alkanes) is 4. The highest BCUT2D eigenvalue weighted by atomic mass is 19.4. The molecule has 2 nitrogen and oxygen atoms in total. The van der Waals surface area contributed by atoms with Crippen molar-refractivity contribution in [2.45, 2.75) is 64.7 Å². The Morgan fingerprint density at radius 2 is 1.39 bits per heavy atom. The van der Waals surface area contributed by atoms with E-state index in [1.807, 2.05) is 0 Å². The number of halogens is 3. The molecule has 0 aromatic carbocycles. The lowest BCUT2D eigenvalue weighted by Gasteiger charge is -2.26. The molecular formula is C13H26F3NO. The standard InChI is InChI=1S/C13H26F3NO/c1-3-5-7-9-17(10-8-6-4-2)11-12(18)13(14,15)16/h12,18H,3-11H2,1-2H3/t12-/m1/s1. The van der Waals surface area contributed by atoms with Gasteiger partial charge in [-0.1, -0.05) is 39.5 Å². The summed E-state index contributed by atoms with van der Waals surface area (Å²) in [5.74, 6) is 0. The van der Waals surface area contributed by atoms with Gasteiger partial charge in [-0.2, -0.15) is 13.2 Å². The van der Waals surface area contributed by atoms with Crippen LogP contribution in [0.15, 0.2) is 0 Å². The molecule has 0 radical (unpaired) electrons. The van der Waals surface area contributed by atoms with Crippen molar-refractivity contribution in [1.29, 1.82) is 0 Å². The van der Waals surface area contributed by atoms with Gasteiger partial charge in [-0.15, -0.1) is 0 Å². The lowest BCUT2D eigenvalue weighted by atomic mass is 10.2. The van der Waals surface area contributed by atoms with Crippen molar-refractivity contribution in [2.75, 3.05) is 19.6 Å². The zero-order chi connectivity index (χ0) is 14.0. The molecule has 1 N–H and O–H groups in total.